The molecular weight excluding hydrogens is 315 g/mol. The highest BCUT2D eigenvalue weighted by Gasteiger charge is 2.33. The van der Waals surface area contributed by atoms with Gasteiger partial charge in [-0.15, -0.1) is 11.6 Å². The monoisotopic (exact) mass is 335 g/mol. The van der Waals surface area contributed by atoms with Crippen LogP contribution in [0.2, 0.25) is 0 Å². The number of sulfonamides is 1. The van der Waals surface area contributed by atoms with Gasteiger partial charge in [-0.1, -0.05) is 19.3 Å². The van der Waals surface area contributed by atoms with Crippen LogP contribution in [0.25, 0.3) is 0 Å². The van der Waals surface area contributed by atoms with Crippen molar-refractivity contribution in [1.82, 2.24) is 4.72 Å². The Bertz CT molecular complexity index is 392. The molecule has 1 saturated carbocycles. The third-order valence-corrected chi connectivity index (χ3v) is 5.72. The van der Waals surface area contributed by atoms with E-state index in [0.29, 0.717) is 5.88 Å². The van der Waals surface area contributed by atoms with Gasteiger partial charge in [0.1, 0.15) is 0 Å². The number of hydrogen-bond acceptors (Lipinski definition) is 2. The van der Waals surface area contributed by atoms with Gasteiger partial charge in [-0.25, -0.2) is 13.1 Å². The number of hydrogen-bond donors (Lipinski definition) is 1. The number of nitrogens with one attached hydrogen (secondary N) is 1. The molecule has 0 aromatic carbocycles. The van der Waals surface area contributed by atoms with Gasteiger partial charge in [0, 0.05) is 18.8 Å². The van der Waals surface area contributed by atoms with Crippen LogP contribution in [0.4, 0.5) is 13.2 Å². The van der Waals surface area contributed by atoms with Crippen LogP contribution in [0, 0.1) is 5.41 Å². The minimum atomic E-state index is -4.31. The van der Waals surface area contributed by atoms with Crippen molar-refractivity contribution in [2.75, 3.05) is 18.2 Å². The molecule has 1 rings (SSSR count). The van der Waals surface area contributed by atoms with E-state index in [4.69, 9.17) is 11.6 Å². The predicted octanol–water partition coefficient (Wildman–Crippen LogP) is 3.44. The quantitative estimate of drug-likeness (QED) is 0.724. The second-order valence-corrected chi connectivity index (χ2v) is 7.75. The fourth-order valence-electron chi connectivity index (χ4n) is 2.46. The van der Waals surface area contributed by atoms with Gasteiger partial charge in [-0.3, -0.25) is 0 Å². The lowest BCUT2D eigenvalue weighted by Crippen LogP contribution is -2.41. The molecule has 120 valence electrons. The van der Waals surface area contributed by atoms with Crippen molar-refractivity contribution in [3.8, 4) is 0 Å². The maximum absolute atomic E-state index is 12.0. The Balaban J connectivity index is 2.41. The van der Waals surface area contributed by atoms with Crippen molar-refractivity contribution in [1.29, 1.82) is 0 Å². The minimum absolute atomic E-state index is 0.227. The number of rotatable bonds is 7. The van der Waals surface area contributed by atoms with Crippen LogP contribution in [0.3, 0.4) is 0 Å². The van der Waals surface area contributed by atoms with Crippen LogP contribution in [0.5, 0.6) is 0 Å². The molecular formula is C12H21ClF3NO2S. The van der Waals surface area contributed by atoms with Crippen molar-refractivity contribution in [3.63, 3.8) is 0 Å². The molecule has 8 heteroatoms. The third kappa shape index (κ3) is 6.63. The first-order valence-corrected chi connectivity index (χ1v) is 8.97. The van der Waals surface area contributed by atoms with Gasteiger partial charge in [-0.2, -0.15) is 13.2 Å². The van der Waals surface area contributed by atoms with E-state index < -0.39 is 34.8 Å². The first-order valence-electron chi connectivity index (χ1n) is 6.78. The van der Waals surface area contributed by atoms with E-state index in [-0.39, 0.29) is 12.0 Å². The Morgan fingerprint density at radius 1 is 1.15 bits per heavy atom. The van der Waals surface area contributed by atoms with Crippen molar-refractivity contribution in [3.05, 3.63) is 0 Å². The van der Waals surface area contributed by atoms with Gasteiger partial charge in [0.15, 0.2) is 0 Å². The highest BCUT2D eigenvalue weighted by Crippen LogP contribution is 2.36. The zero-order valence-electron chi connectivity index (χ0n) is 11.3. The zero-order chi connectivity index (χ0) is 15.3. The van der Waals surface area contributed by atoms with Crippen LogP contribution in [-0.4, -0.2) is 32.8 Å². The maximum atomic E-state index is 12.0. The van der Waals surface area contributed by atoms with Crippen LogP contribution in [0.15, 0.2) is 0 Å². The summed E-state index contributed by atoms with van der Waals surface area (Å²) < 4.78 is 61.8. The van der Waals surface area contributed by atoms with Crippen LogP contribution in [0.1, 0.15) is 44.9 Å². The highest BCUT2D eigenvalue weighted by molar-refractivity contribution is 7.89. The average molecular weight is 336 g/mol. The average Bonchev–Trinajstić information content (AvgIpc) is 2.36. The van der Waals surface area contributed by atoms with Crippen molar-refractivity contribution < 1.29 is 21.6 Å². The molecule has 1 aliphatic rings. The van der Waals surface area contributed by atoms with E-state index in [2.05, 4.69) is 4.72 Å². The lowest BCUT2D eigenvalue weighted by molar-refractivity contribution is -0.134. The normalized spacial score (nSPS) is 20.0. The molecule has 0 heterocycles. The summed E-state index contributed by atoms with van der Waals surface area (Å²) in [6.07, 6.45) is -0.914. The van der Waals surface area contributed by atoms with Gasteiger partial charge in [0.2, 0.25) is 10.0 Å². The fraction of sp³-hybridized carbons (Fsp3) is 1.00. The molecule has 3 nitrogen and oxygen atoms in total. The Morgan fingerprint density at radius 2 is 1.75 bits per heavy atom. The standard InChI is InChI=1S/C12H21ClF3NO2S/c13-9-11(5-2-1-3-6-11)10-17-20(18,19)8-4-7-12(14,15)16/h17H,1-10H2. The predicted molar refractivity (Wildman–Crippen MR) is 73.3 cm³/mol. The fourth-order valence-corrected chi connectivity index (χ4v) is 4.01. The molecule has 0 unspecified atom stereocenters. The number of halogens is 4. The summed E-state index contributed by atoms with van der Waals surface area (Å²) in [6, 6.07) is 0. The van der Waals surface area contributed by atoms with Crippen LogP contribution < -0.4 is 4.72 Å². The van der Waals surface area contributed by atoms with Gasteiger partial charge >= 0.3 is 6.18 Å². The Hall–Kier alpha value is -0.0100. The number of alkyl halides is 4. The van der Waals surface area contributed by atoms with Gasteiger partial charge < -0.3 is 0 Å². The summed E-state index contributed by atoms with van der Waals surface area (Å²) in [5.41, 5.74) is -0.239. The molecule has 1 aliphatic carbocycles. The summed E-state index contributed by atoms with van der Waals surface area (Å²) in [6.45, 7) is 0.227. The molecule has 0 radical (unpaired) electrons. The first kappa shape index (κ1) is 18.0. The Labute approximate surface area is 123 Å². The molecule has 1 fully saturated rings. The van der Waals surface area contributed by atoms with E-state index in [1.807, 2.05) is 0 Å². The molecule has 0 aliphatic heterocycles. The topological polar surface area (TPSA) is 46.2 Å². The molecule has 0 atom stereocenters. The second kappa shape index (κ2) is 7.31. The highest BCUT2D eigenvalue weighted by atomic mass is 35.5. The summed E-state index contributed by atoms with van der Waals surface area (Å²) in [4.78, 5) is 0. The van der Waals surface area contributed by atoms with Crippen molar-refractivity contribution in [2.45, 2.75) is 51.1 Å². The van der Waals surface area contributed by atoms with E-state index in [0.717, 1.165) is 32.1 Å². The Morgan fingerprint density at radius 3 is 2.25 bits per heavy atom. The third-order valence-electron chi connectivity index (χ3n) is 3.74. The van der Waals surface area contributed by atoms with Gasteiger partial charge in [0.05, 0.1) is 5.75 Å². The van der Waals surface area contributed by atoms with Crippen molar-refractivity contribution in [2.24, 2.45) is 5.41 Å². The van der Waals surface area contributed by atoms with Crippen LogP contribution in [-0.2, 0) is 10.0 Å². The maximum Gasteiger partial charge on any atom is 0.389 e. The molecule has 0 bridgehead atoms. The Kier molecular flexibility index (Phi) is 6.60. The largest absolute Gasteiger partial charge is 0.389 e. The zero-order valence-corrected chi connectivity index (χ0v) is 12.9. The molecule has 0 spiro atoms. The smallest absolute Gasteiger partial charge is 0.215 e. The summed E-state index contributed by atoms with van der Waals surface area (Å²) in [7, 11) is -3.66. The first-order chi connectivity index (χ1) is 9.18. The lowest BCUT2D eigenvalue weighted by atomic mass is 9.76. The molecule has 0 aromatic heterocycles. The second-order valence-electron chi connectivity index (χ2n) is 5.55. The summed E-state index contributed by atoms with van der Waals surface area (Å²) >= 11 is 5.95. The van der Waals surface area contributed by atoms with E-state index in [1.54, 1.807) is 0 Å². The van der Waals surface area contributed by atoms with E-state index in [9.17, 15) is 21.6 Å². The SMILES string of the molecule is O=S(=O)(CCCC(F)(F)F)NCC1(CCl)CCCCC1. The summed E-state index contributed by atoms with van der Waals surface area (Å²) in [5.74, 6) is -0.122. The van der Waals surface area contributed by atoms with Crippen molar-refractivity contribution >= 4 is 21.6 Å². The van der Waals surface area contributed by atoms with Gasteiger partial charge in [-0.05, 0) is 24.7 Å². The molecule has 0 amide bonds. The van der Waals surface area contributed by atoms with Gasteiger partial charge in [0.25, 0.3) is 0 Å². The van der Waals surface area contributed by atoms with E-state index in [1.165, 1.54) is 0 Å². The molecule has 1 N–H and O–H groups in total. The molecule has 0 saturated heterocycles. The molecule has 0 aromatic rings. The van der Waals surface area contributed by atoms with Crippen LogP contribution >= 0.6 is 11.6 Å². The molecule has 20 heavy (non-hydrogen) atoms. The lowest BCUT2D eigenvalue weighted by Gasteiger charge is -2.35. The summed E-state index contributed by atoms with van der Waals surface area (Å²) in [5, 5.41) is 0. The minimum Gasteiger partial charge on any atom is -0.215 e. The van der Waals surface area contributed by atoms with E-state index >= 15 is 0 Å².